The van der Waals surface area contributed by atoms with Crippen molar-refractivity contribution in [3.05, 3.63) is 78.1 Å². The first-order valence-corrected chi connectivity index (χ1v) is 9.43. The number of benzene rings is 3. The molecule has 4 nitrogen and oxygen atoms in total. The van der Waals surface area contributed by atoms with Crippen molar-refractivity contribution in [2.24, 2.45) is 0 Å². The molecule has 0 spiro atoms. The number of fused-ring (bicyclic) bond motifs is 2. The Morgan fingerprint density at radius 3 is 2.67 bits per heavy atom. The fourth-order valence-corrected chi connectivity index (χ4v) is 3.52. The van der Waals surface area contributed by atoms with Gasteiger partial charge in [-0.05, 0) is 34.9 Å². The molecular formula is C23H23N3O. The van der Waals surface area contributed by atoms with Gasteiger partial charge in [-0.1, -0.05) is 61.5 Å². The van der Waals surface area contributed by atoms with Gasteiger partial charge in [0, 0.05) is 13.0 Å². The molecule has 0 fully saturated rings. The second kappa shape index (κ2) is 7.62. The van der Waals surface area contributed by atoms with Crippen LogP contribution in [-0.4, -0.2) is 22.0 Å². The van der Waals surface area contributed by atoms with Crippen molar-refractivity contribution in [1.29, 1.82) is 0 Å². The molecule has 4 aromatic rings. The molecular weight excluding hydrogens is 334 g/mol. The number of amides is 1. The van der Waals surface area contributed by atoms with E-state index in [0.717, 1.165) is 23.3 Å². The van der Waals surface area contributed by atoms with Crippen LogP contribution in [0.25, 0.3) is 21.8 Å². The van der Waals surface area contributed by atoms with E-state index >= 15 is 0 Å². The van der Waals surface area contributed by atoms with Crippen LogP contribution in [0.3, 0.4) is 0 Å². The summed E-state index contributed by atoms with van der Waals surface area (Å²) in [7, 11) is 0. The Hall–Kier alpha value is -3.14. The van der Waals surface area contributed by atoms with Crippen LogP contribution in [0.2, 0.25) is 0 Å². The normalized spacial score (nSPS) is 11.1. The zero-order valence-electron chi connectivity index (χ0n) is 15.5. The second-order valence-corrected chi connectivity index (χ2v) is 6.77. The molecule has 3 aromatic carbocycles. The van der Waals surface area contributed by atoms with E-state index in [9.17, 15) is 4.79 Å². The summed E-state index contributed by atoms with van der Waals surface area (Å²) in [5.41, 5.74) is 3.15. The average molecular weight is 357 g/mol. The lowest BCUT2D eigenvalue weighted by Crippen LogP contribution is -2.28. The number of hydrogen-bond donors (Lipinski definition) is 1. The number of nitrogens with one attached hydrogen (secondary N) is 1. The maximum Gasteiger partial charge on any atom is 0.240 e. The minimum atomic E-state index is 0.0270. The van der Waals surface area contributed by atoms with E-state index < -0.39 is 0 Å². The summed E-state index contributed by atoms with van der Waals surface area (Å²) in [6.45, 7) is 3.05. The summed E-state index contributed by atoms with van der Waals surface area (Å²) < 4.78 is 2.04. The molecule has 4 heteroatoms. The first-order chi connectivity index (χ1) is 13.3. The SMILES string of the molecule is CCCNC(=O)Cn1c(Cc2cccc3ccccc23)nc2ccccc21. The minimum absolute atomic E-state index is 0.0270. The number of aromatic nitrogens is 2. The topological polar surface area (TPSA) is 46.9 Å². The number of nitrogens with zero attached hydrogens (tertiary/aromatic N) is 2. The molecule has 1 amide bonds. The maximum atomic E-state index is 12.4. The van der Waals surface area contributed by atoms with Crippen LogP contribution in [0.4, 0.5) is 0 Å². The van der Waals surface area contributed by atoms with Crippen LogP contribution in [-0.2, 0) is 17.8 Å². The van der Waals surface area contributed by atoms with Gasteiger partial charge in [-0.15, -0.1) is 0 Å². The zero-order valence-corrected chi connectivity index (χ0v) is 15.5. The predicted molar refractivity (Wildman–Crippen MR) is 110 cm³/mol. The fourth-order valence-electron chi connectivity index (χ4n) is 3.52. The van der Waals surface area contributed by atoms with Crippen LogP contribution >= 0.6 is 0 Å². The van der Waals surface area contributed by atoms with Gasteiger partial charge in [0.15, 0.2) is 0 Å². The van der Waals surface area contributed by atoms with Crippen molar-refractivity contribution in [2.45, 2.75) is 26.3 Å². The highest BCUT2D eigenvalue weighted by Crippen LogP contribution is 2.23. The van der Waals surface area contributed by atoms with Crippen LogP contribution in [0.15, 0.2) is 66.7 Å². The van der Waals surface area contributed by atoms with Gasteiger partial charge in [0.05, 0.1) is 11.0 Å². The summed E-state index contributed by atoms with van der Waals surface area (Å²) in [6.07, 6.45) is 1.62. The van der Waals surface area contributed by atoms with Gasteiger partial charge in [-0.2, -0.15) is 0 Å². The van der Waals surface area contributed by atoms with E-state index in [1.807, 2.05) is 28.8 Å². The van der Waals surface area contributed by atoms with Crippen molar-refractivity contribution in [1.82, 2.24) is 14.9 Å². The molecule has 0 bridgehead atoms. The quantitative estimate of drug-likeness (QED) is 0.559. The Kier molecular flexibility index (Phi) is 4.88. The van der Waals surface area contributed by atoms with Crippen LogP contribution in [0.1, 0.15) is 24.7 Å². The lowest BCUT2D eigenvalue weighted by Gasteiger charge is -2.11. The number of imidazole rings is 1. The number of carbonyl (C=O) groups excluding carboxylic acids is 1. The number of carbonyl (C=O) groups is 1. The summed E-state index contributed by atoms with van der Waals surface area (Å²) in [5, 5.41) is 5.42. The standard InChI is InChI=1S/C23H23N3O/c1-2-14-24-23(27)16-26-21-13-6-5-12-20(21)25-22(26)15-18-10-7-9-17-8-3-4-11-19(17)18/h3-13H,2,14-16H2,1H3,(H,24,27). The Bertz CT molecular complexity index is 1090. The number of rotatable bonds is 6. The van der Waals surface area contributed by atoms with Crippen molar-refractivity contribution >= 4 is 27.7 Å². The van der Waals surface area contributed by atoms with E-state index in [1.165, 1.54) is 16.3 Å². The highest BCUT2D eigenvalue weighted by Gasteiger charge is 2.14. The molecule has 0 saturated carbocycles. The highest BCUT2D eigenvalue weighted by atomic mass is 16.1. The Labute approximate surface area is 158 Å². The third-order valence-corrected chi connectivity index (χ3v) is 4.84. The van der Waals surface area contributed by atoms with E-state index in [1.54, 1.807) is 0 Å². The van der Waals surface area contributed by atoms with Gasteiger partial charge in [0.1, 0.15) is 12.4 Å². The summed E-state index contributed by atoms with van der Waals surface area (Å²) in [6, 6.07) is 22.7. The van der Waals surface area contributed by atoms with Gasteiger partial charge in [-0.25, -0.2) is 4.98 Å². The predicted octanol–water partition coefficient (Wildman–Crippen LogP) is 4.31. The van der Waals surface area contributed by atoms with E-state index in [4.69, 9.17) is 4.98 Å². The minimum Gasteiger partial charge on any atom is -0.355 e. The van der Waals surface area contributed by atoms with E-state index in [2.05, 4.69) is 54.7 Å². The average Bonchev–Trinajstić information content (AvgIpc) is 3.04. The molecule has 0 aliphatic rings. The molecule has 0 aliphatic carbocycles. The molecule has 1 heterocycles. The van der Waals surface area contributed by atoms with E-state index in [-0.39, 0.29) is 5.91 Å². The largest absolute Gasteiger partial charge is 0.355 e. The molecule has 0 atom stereocenters. The lowest BCUT2D eigenvalue weighted by atomic mass is 10.0. The zero-order chi connectivity index (χ0) is 18.6. The summed E-state index contributed by atoms with van der Waals surface area (Å²) >= 11 is 0. The van der Waals surface area contributed by atoms with Crippen LogP contribution < -0.4 is 5.32 Å². The smallest absolute Gasteiger partial charge is 0.240 e. The Morgan fingerprint density at radius 2 is 1.78 bits per heavy atom. The van der Waals surface area contributed by atoms with Crippen LogP contribution in [0, 0.1) is 0 Å². The number of hydrogen-bond acceptors (Lipinski definition) is 2. The van der Waals surface area contributed by atoms with Gasteiger partial charge in [0.25, 0.3) is 0 Å². The first kappa shape index (κ1) is 17.3. The number of para-hydroxylation sites is 2. The highest BCUT2D eigenvalue weighted by molar-refractivity contribution is 5.86. The lowest BCUT2D eigenvalue weighted by molar-refractivity contribution is -0.121. The molecule has 27 heavy (non-hydrogen) atoms. The molecule has 1 N–H and O–H groups in total. The maximum absolute atomic E-state index is 12.4. The van der Waals surface area contributed by atoms with Crippen molar-refractivity contribution in [2.75, 3.05) is 6.54 Å². The molecule has 0 radical (unpaired) electrons. The second-order valence-electron chi connectivity index (χ2n) is 6.77. The monoisotopic (exact) mass is 357 g/mol. The summed E-state index contributed by atoms with van der Waals surface area (Å²) in [4.78, 5) is 17.2. The van der Waals surface area contributed by atoms with Gasteiger partial charge >= 0.3 is 0 Å². The van der Waals surface area contributed by atoms with Crippen molar-refractivity contribution in [3.8, 4) is 0 Å². The van der Waals surface area contributed by atoms with Crippen molar-refractivity contribution in [3.63, 3.8) is 0 Å². The Morgan fingerprint density at radius 1 is 1.00 bits per heavy atom. The third kappa shape index (κ3) is 3.56. The molecule has 136 valence electrons. The van der Waals surface area contributed by atoms with E-state index in [0.29, 0.717) is 19.5 Å². The fraction of sp³-hybridized carbons (Fsp3) is 0.217. The third-order valence-electron chi connectivity index (χ3n) is 4.84. The Balaban J connectivity index is 1.74. The van der Waals surface area contributed by atoms with Gasteiger partial charge < -0.3 is 9.88 Å². The van der Waals surface area contributed by atoms with Crippen LogP contribution in [0.5, 0.6) is 0 Å². The summed E-state index contributed by atoms with van der Waals surface area (Å²) in [5.74, 6) is 0.943. The molecule has 0 saturated heterocycles. The molecule has 1 aromatic heterocycles. The van der Waals surface area contributed by atoms with Gasteiger partial charge in [0.2, 0.25) is 5.91 Å². The molecule has 0 aliphatic heterocycles. The molecule has 4 rings (SSSR count). The van der Waals surface area contributed by atoms with Crippen molar-refractivity contribution < 1.29 is 4.79 Å². The molecule has 0 unspecified atom stereocenters. The van der Waals surface area contributed by atoms with Gasteiger partial charge in [-0.3, -0.25) is 4.79 Å². The first-order valence-electron chi connectivity index (χ1n) is 9.43.